The van der Waals surface area contributed by atoms with Crippen LogP contribution in [0.2, 0.25) is 0 Å². The standard InChI is InChI=1S/C27H27FN2O3/c1-33-25-13-9-21(10-14-25)18-30(27(32)22-3-2-4-23(28)16-22)24-11-7-19(8-12-24)15-26(31)29-17-20-5-6-20/h2-4,7-14,16,20H,5-6,15,17-18H2,1H3,(H,29,31). The first-order chi connectivity index (χ1) is 16.0. The third-order valence-electron chi connectivity index (χ3n) is 5.71. The Hall–Kier alpha value is -3.67. The van der Waals surface area contributed by atoms with Gasteiger partial charge in [-0.05, 0) is 72.4 Å². The molecule has 1 N–H and O–H groups in total. The van der Waals surface area contributed by atoms with E-state index >= 15 is 0 Å². The normalized spacial score (nSPS) is 12.8. The molecular weight excluding hydrogens is 419 g/mol. The van der Waals surface area contributed by atoms with E-state index in [0.717, 1.165) is 23.4 Å². The van der Waals surface area contributed by atoms with E-state index < -0.39 is 5.82 Å². The zero-order valence-corrected chi connectivity index (χ0v) is 18.6. The fourth-order valence-corrected chi connectivity index (χ4v) is 3.59. The van der Waals surface area contributed by atoms with E-state index in [4.69, 9.17) is 4.74 Å². The minimum atomic E-state index is -0.460. The van der Waals surface area contributed by atoms with Gasteiger partial charge < -0.3 is 15.0 Å². The summed E-state index contributed by atoms with van der Waals surface area (Å²) >= 11 is 0. The molecule has 0 radical (unpaired) electrons. The van der Waals surface area contributed by atoms with Crippen LogP contribution in [0.4, 0.5) is 10.1 Å². The van der Waals surface area contributed by atoms with E-state index in [-0.39, 0.29) is 17.4 Å². The summed E-state index contributed by atoms with van der Waals surface area (Å²) in [5, 5.41) is 2.97. The van der Waals surface area contributed by atoms with Gasteiger partial charge in [0.25, 0.3) is 5.91 Å². The van der Waals surface area contributed by atoms with Crippen molar-refractivity contribution in [2.75, 3.05) is 18.6 Å². The van der Waals surface area contributed by atoms with Crippen molar-refractivity contribution in [3.8, 4) is 5.75 Å². The monoisotopic (exact) mass is 446 g/mol. The molecule has 1 saturated carbocycles. The molecule has 4 rings (SSSR count). The first-order valence-corrected chi connectivity index (χ1v) is 11.1. The molecule has 0 saturated heterocycles. The van der Waals surface area contributed by atoms with Crippen LogP contribution in [-0.4, -0.2) is 25.5 Å². The number of ether oxygens (including phenoxy) is 1. The smallest absolute Gasteiger partial charge is 0.258 e. The van der Waals surface area contributed by atoms with Crippen LogP contribution in [0, 0.1) is 11.7 Å². The van der Waals surface area contributed by atoms with E-state index in [1.54, 1.807) is 18.1 Å². The van der Waals surface area contributed by atoms with Crippen molar-refractivity contribution in [3.05, 3.63) is 95.3 Å². The Morgan fingerprint density at radius 2 is 1.70 bits per heavy atom. The van der Waals surface area contributed by atoms with Gasteiger partial charge in [0.15, 0.2) is 0 Å². The second-order valence-electron chi connectivity index (χ2n) is 8.34. The molecule has 3 aromatic rings. The SMILES string of the molecule is COc1ccc(CN(C(=O)c2cccc(F)c2)c2ccc(CC(=O)NCC3CC3)cc2)cc1. The Balaban J connectivity index is 1.53. The molecule has 6 heteroatoms. The molecule has 0 aromatic heterocycles. The number of nitrogens with one attached hydrogen (secondary N) is 1. The summed E-state index contributed by atoms with van der Waals surface area (Å²) in [5.41, 5.74) is 2.72. The Kier molecular flexibility index (Phi) is 7.03. The number of anilines is 1. The first-order valence-electron chi connectivity index (χ1n) is 11.1. The highest BCUT2D eigenvalue weighted by atomic mass is 19.1. The number of benzene rings is 3. The second kappa shape index (κ2) is 10.3. The predicted octanol–water partition coefficient (Wildman–Crippen LogP) is 4.75. The van der Waals surface area contributed by atoms with Crippen molar-refractivity contribution in [2.45, 2.75) is 25.8 Å². The molecule has 0 spiro atoms. The minimum Gasteiger partial charge on any atom is -0.497 e. The van der Waals surface area contributed by atoms with Gasteiger partial charge in [-0.3, -0.25) is 9.59 Å². The van der Waals surface area contributed by atoms with Crippen molar-refractivity contribution in [1.82, 2.24) is 5.32 Å². The summed E-state index contributed by atoms with van der Waals surface area (Å²) in [4.78, 5) is 27.1. The van der Waals surface area contributed by atoms with Gasteiger partial charge in [0, 0.05) is 17.8 Å². The maximum absolute atomic E-state index is 13.8. The third-order valence-corrected chi connectivity index (χ3v) is 5.71. The molecule has 170 valence electrons. The lowest BCUT2D eigenvalue weighted by atomic mass is 10.1. The molecule has 0 heterocycles. The largest absolute Gasteiger partial charge is 0.497 e. The molecule has 2 amide bonds. The van der Waals surface area contributed by atoms with Gasteiger partial charge in [-0.2, -0.15) is 0 Å². The lowest BCUT2D eigenvalue weighted by molar-refractivity contribution is -0.120. The number of methoxy groups -OCH3 is 1. The molecule has 0 bridgehead atoms. The molecule has 0 atom stereocenters. The molecule has 0 aliphatic heterocycles. The molecule has 33 heavy (non-hydrogen) atoms. The van der Waals surface area contributed by atoms with E-state index in [9.17, 15) is 14.0 Å². The topological polar surface area (TPSA) is 58.6 Å². The van der Waals surface area contributed by atoms with Gasteiger partial charge >= 0.3 is 0 Å². The average Bonchev–Trinajstić information content (AvgIpc) is 3.66. The minimum absolute atomic E-state index is 0.000533. The van der Waals surface area contributed by atoms with Crippen molar-refractivity contribution >= 4 is 17.5 Å². The first kappa shape index (κ1) is 22.5. The van der Waals surface area contributed by atoms with Crippen LogP contribution >= 0.6 is 0 Å². The number of hydrogen-bond donors (Lipinski definition) is 1. The van der Waals surface area contributed by atoms with Gasteiger partial charge in [-0.1, -0.05) is 30.3 Å². The van der Waals surface area contributed by atoms with Crippen LogP contribution in [-0.2, 0) is 17.8 Å². The van der Waals surface area contributed by atoms with Crippen LogP contribution < -0.4 is 15.0 Å². The second-order valence-corrected chi connectivity index (χ2v) is 8.34. The third kappa shape index (κ3) is 6.19. The van der Waals surface area contributed by atoms with Crippen molar-refractivity contribution in [3.63, 3.8) is 0 Å². The molecule has 5 nitrogen and oxygen atoms in total. The highest BCUT2D eigenvalue weighted by molar-refractivity contribution is 6.06. The maximum Gasteiger partial charge on any atom is 0.258 e. The molecule has 3 aromatic carbocycles. The summed E-state index contributed by atoms with van der Waals surface area (Å²) in [6.45, 7) is 1.05. The summed E-state index contributed by atoms with van der Waals surface area (Å²) < 4.78 is 19.0. The highest BCUT2D eigenvalue weighted by Gasteiger charge is 2.22. The van der Waals surface area contributed by atoms with Gasteiger partial charge in [0.1, 0.15) is 11.6 Å². The highest BCUT2D eigenvalue weighted by Crippen LogP contribution is 2.27. The fraction of sp³-hybridized carbons (Fsp3) is 0.259. The molecular formula is C27H27FN2O3. The van der Waals surface area contributed by atoms with Gasteiger partial charge in [0.05, 0.1) is 20.1 Å². The van der Waals surface area contributed by atoms with Crippen LogP contribution in [0.15, 0.2) is 72.8 Å². The van der Waals surface area contributed by atoms with E-state index in [2.05, 4.69) is 5.32 Å². The Bertz CT molecular complexity index is 1110. The number of carbonyl (C=O) groups excluding carboxylic acids is 2. The van der Waals surface area contributed by atoms with Crippen molar-refractivity contribution in [1.29, 1.82) is 0 Å². The molecule has 0 unspecified atom stereocenters. The predicted molar refractivity (Wildman–Crippen MR) is 126 cm³/mol. The number of nitrogens with zero attached hydrogens (tertiary/aromatic N) is 1. The van der Waals surface area contributed by atoms with Gasteiger partial charge in [-0.25, -0.2) is 4.39 Å². The number of halogens is 1. The van der Waals surface area contributed by atoms with Crippen molar-refractivity contribution in [2.24, 2.45) is 5.92 Å². The van der Waals surface area contributed by atoms with Crippen LogP contribution in [0.1, 0.15) is 34.3 Å². The van der Waals surface area contributed by atoms with Crippen LogP contribution in [0.3, 0.4) is 0 Å². The number of hydrogen-bond acceptors (Lipinski definition) is 3. The Morgan fingerprint density at radius 1 is 1.00 bits per heavy atom. The number of carbonyl (C=O) groups is 2. The summed E-state index contributed by atoms with van der Waals surface area (Å²) in [7, 11) is 1.60. The fourth-order valence-electron chi connectivity index (χ4n) is 3.59. The van der Waals surface area contributed by atoms with Crippen LogP contribution in [0.5, 0.6) is 5.75 Å². The van der Waals surface area contributed by atoms with E-state index in [1.165, 1.54) is 31.0 Å². The van der Waals surface area contributed by atoms with Gasteiger partial charge in [-0.15, -0.1) is 0 Å². The molecule has 1 fully saturated rings. The van der Waals surface area contributed by atoms with Gasteiger partial charge in [0.2, 0.25) is 5.91 Å². The lowest BCUT2D eigenvalue weighted by Gasteiger charge is -2.24. The molecule has 1 aliphatic rings. The zero-order valence-electron chi connectivity index (χ0n) is 18.6. The molecule has 1 aliphatic carbocycles. The van der Waals surface area contributed by atoms with Crippen molar-refractivity contribution < 1.29 is 18.7 Å². The number of rotatable bonds is 9. The number of amides is 2. The summed E-state index contributed by atoms with van der Waals surface area (Å²) in [6, 6.07) is 20.5. The zero-order chi connectivity index (χ0) is 23.2. The maximum atomic E-state index is 13.8. The summed E-state index contributed by atoms with van der Waals surface area (Å²) in [6.07, 6.45) is 2.68. The Morgan fingerprint density at radius 3 is 2.33 bits per heavy atom. The summed E-state index contributed by atoms with van der Waals surface area (Å²) in [5.74, 6) is 0.598. The average molecular weight is 447 g/mol. The Labute approximate surface area is 193 Å². The quantitative estimate of drug-likeness (QED) is 0.516. The lowest BCUT2D eigenvalue weighted by Crippen LogP contribution is -2.30. The van der Waals surface area contributed by atoms with E-state index in [0.29, 0.717) is 24.6 Å². The van der Waals surface area contributed by atoms with Crippen LogP contribution in [0.25, 0.3) is 0 Å². The van der Waals surface area contributed by atoms with E-state index in [1.807, 2.05) is 48.5 Å².